The van der Waals surface area contributed by atoms with Gasteiger partial charge in [0.05, 0.1) is 12.8 Å². The van der Waals surface area contributed by atoms with E-state index in [0.717, 1.165) is 5.56 Å². The van der Waals surface area contributed by atoms with Crippen LogP contribution in [-0.4, -0.2) is 25.5 Å². The number of pyridine rings is 2. The maximum absolute atomic E-state index is 12.2. The average molecular weight is 309 g/mol. The fraction of sp³-hybridized carbons (Fsp3) is 0.167. The van der Waals surface area contributed by atoms with Gasteiger partial charge in [-0.3, -0.25) is 10.8 Å². The first-order chi connectivity index (χ1) is 10.1. The Labute approximate surface area is 122 Å². The summed E-state index contributed by atoms with van der Waals surface area (Å²) < 4.78 is 31.9. The summed E-state index contributed by atoms with van der Waals surface area (Å²) >= 11 is 0. The van der Waals surface area contributed by atoms with Crippen LogP contribution < -0.4 is 20.7 Å². The van der Waals surface area contributed by atoms with Crippen molar-refractivity contribution in [2.24, 2.45) is 5.84 Å². The fourth-order valence-electron chi connectivity index (χ4n) is 1.64. The quantitative estimate of drug-likeness (QED) is 0.517. The summed E-state index contributed by atoms with van der Waals surface area (Å²) in [6.07, 6.45) is 4.21. The molecule has 0 aromatic carbocycles. The molecule has 0 bridgehead atoms. The molecule has 2 rings (SSSR count). The molecule has 0 fully saturated rings. The molecule has 0 radical (unpaired) electrons. The van der Waals surface area contributed by atoms with Crippen LogP contribution >= 0.6 is 0 Å². The van der Waals surface area contributed by atoms with E-state index >= 15 is 0 Å². The molecule has 0 aliphatic carbocycles. The molecule has 0 spiro atoms. The number of nitrogen functional groups attached to an aromatic ring is 1. The summed E-state index contributed by atoms with van der Waals surface area (Å²) in [5.74, 6) is 5.71. The van der Waals surface area contributed by atoms with Gasteiger partial charge >= 0.3 is 0 Å². The number of methoxy groups -OCH3 is 1. The van der Waals surface area contributed by atoms with Crippen molar-refractivity contribution in [3.05, 3.63) is 42.4 Å². The van der Waals surface area contributed by atoms with Crippen LogP contribution in [0, 0.1) is 0 Å². The monoisotopic (exact) mass is 309 g/mol. The van der Waals surface area contributed by atoms with Crippen LogP contribution in [0.15, 0.2) is 41.7 Å². The molecule has 0 aliphatic heterocycles. The molecule has 112 valence electrons. The molecule has 2 aromatic rings. The predicted molar refractivity (Wildman–Crippen MR) is 76.9 cm³/mol. The number of nitrogens with zero attached hydrogens (tertiary/aromatic N) is 2. The minimum atomic E-state index is -3.74. The number of aromatic nitrogens is 2. The van der Waals surface area contributed by atoms with Crippen molar-refractivity contribution in [3.8, 4) is 5.88 Å². The maximum Gasteiger partial charge on any atom is 0.244 e. The van der Waals surface area contributed by atoms with Crippen molar-refractivity contribution in [3.63, 3.8) is 0 Å². The number of nitrogens with two attached hydrogens (primary N) is 1. The Morgan fingerprint density at radius 2 is 2.14 bits per heavy atom. The Morgan fingerprint density at radius 1 is 1.33 bits per heavy atom. The normalized spacial score (nSPS) is 11.1. The number of hydrogen-bond donors (Lipinski definition) is 3. The second kappa shape index (κ2) is 6.48. The van der Waals surface area contributed by atoms with Gasteiger partial charge in [-0.2, -0.15) is 0 Å². The van der Waals surface area contributed by atoms with Gasteiger partial charge in [-0.25, -0.2) is 18.1 Å². The van der Waals surface area contributed by atoms with Gasteiger partial charge < -0.3 is 10.2 Å². The van der Waals surface area contributed by atoms with E-state index in [1.54, 1.807) is 18.3 Å². The van der Waals surface area contributed by atoms with E-state index in [9.17, 15) is 8.42 Å². The molecule has 9 heteroatoms. The molecule has 0 aliphatic rings. The van der Waals surface area contributed by atoms with Gasteiger partial charge in [0.2, 0.25) is 15.9 Å². The first-order valence-electron chi connectivity index (χ1n) is 5.96. The number of ether oxygens (including phenoxy) is 1. The zero-order valence-electron chi connectivity index (χ0n) is 11.3. The molecular formula is C12H15N5O3S. The predicted octanol–water partition coefficient (Wildman–Crippen LogP) is 0.249. The van der Waals surface area contributed by atoms with E-state index in [1.165, 1.54) is 25.6 Å². The van der Waals surface area contributed by atoms with E-state index in [1.807, 2.05) is 0 Å². The zero-order chi connectivity index (χ0) is 15.3. The molecule has 0 amide bonds. The zero-order valence-corrected chi connectivity index (χ0v) is 12.1. The maximum atomic E-state index is 12.2. The molecule has 4 N–H and O–H groups in total. The van der Waals surface area contributed by atoms with Crippen molar-refractivity contribution in [2.45, 2.75) is 11.4 Å². The number of nitrogens with one attached hydrogen (secondary N) is 2. The Morgan fingerprint density at radius 3 is 2.86 bits per heavy atom. The van der Waals surface area contributed by atoms with E-state index in [0.29, 0.717) is 5.88 Å². The lowest BCUT2D eigenvalue weighted by Crippen LogP contribution is -2.25. The van der Waals surface area contributed by atoms with Gasteiger partial charge in [0.15, 0.2) is 0 Å². The van der Waals surface area contributed by atoms with Crippen LogP contribution in [0.25, 0.3) is 0 Å². The van der Waals surface area contributed by atoms with Crippen LogP contribution in [0.5, 0.6) is 5.88 Å². The smallest absolute Gasteiger partial charge is 0.244 e. The average Bonchev–Trinajstić information content (AvgIpc) is 2.53. The Kier molecular flexibility index (Phi) is 4.68. The molecule has 0 atom stereocenters. The number of anilines is 1. The topological polar surface area (TPSA) is 119 Å². The molecular weight excluding hydrogens is 294 g/mol. The first kappa shape index (κ1) is 15.2. The second-order valence-electron chi connectivity index (χ2n) is 4.05. The second-order valence-corrected chi connectivity index (χ2v) is 5.78. The van der Waals surface area contributed by atoms with Crippen molar-refractivity contribution in [1.29, 1.82) is 0 Å². The summed E-state index contributed by atoms with van der Waals surface area (Å²) in [5.41, 5.74) is 3.32. The van der Waals surface area contributed by atoms with Crippen LogP contribution in [0.1, 0.15) is 5.56 Å². The summed E-state index contributed by atoms with van der Waals surface area (Å²) in [4.78, 5) is 7.73. The third-order valence-corrected chi connectivity index (χ3v) is 4.13. The highest BCUT2D eigenvalue weighted by Gasteiger charge is 2.18. The summed E-state index contributed by atoms with van der Waals surface area (Å²) in [5, 5.41) is 0. The standard InChI is InChI=1S/C12H15N5O3S/c1-20-12-6-9(2-5-15-12)7-16-21(18,19)11-8-14-4-3-10(11)17-13/h2-6,8,16H,7,13H2,1H3,(H,14,17). The highest BCUT2D eigenvalue weighted by Crippen LogP contribution is 2.18. The van der Waals surface area contributed by atoms with Crippen LogP contribution in [-0.2, 0) is 16.6 Å². The van der Waals surface area contributed by atoms with Gasteiger partial charge in [-0.05, 0) is 17.7 Å². The molecule has 0 saturated carbocycles. The number of hydrogen-bond acceptors (Lipinski definition) is 7. The third-order valence-electron chi connectivity index (χ3n) is 2.70. The minimum Gasteiger partial charge on any atom is -0.481 e. The van der Waals surface area contributed by atoms with Crippen molar-refractivity contribution in [1.82, 2.24) is 14.7 Å². The SMILES string of the molecule is COc1cc(CNS(=O)(=O)c2cnccc2NN)ccn1. The largest absolute Gasteiger partial charge is 0.481 e. The number of hydrazine groups is 1. The van der Waals surface area contributed by atoms with E-state index in [2.05, 4.69) is 20.1 Å². The molecule has 2 aromatic heterocycles. The van der Waals surface area contributed by atoms with E-state index < -0.39 is 10.0 Å². The van der Waals surface area contributed by atoms with Crippen LogP contribution in [0.4, 0.5) is 5.69 Å². The molecule has 0 unspecified atom stereocenters. The first-order valence-corrected chi connectivity index (χ1v) is 7.44. The highest BCUT2D eigenvalue weighted by atomic mass is 32.2. The molecule has 21 heavy (non-hydrogen) atoms. The minimum absolute atomic E-state index is 0.0199. The Balaban J connectivity index is 2.18. The van der Waals surface area contributed by atoms with E-state index in [-0.39, 0.29) is 17.1 Å². The Hall–Kier alpha value is -2.23. The number of rotatable bonds is 6. The van der Waals surface area contributed by atoms with Gasteiger partial charge in [0.25, 0.3) is 0 Å². The molecule has 0 saturated heterocycles. The van der Waals surface area contributed by atoms with Gasteiger partial charge in [-0.1, -0.05) is 0 Å². The lowest BCUT2D eigenvalue weighted by molar-refractivity contribution is 0.397. The third kappa shape index (κ3) is 3.66. The highest BCUT2D eigenvalue weighted by molar-refractivity contribution is 7.89. The Bertz CT molecular complexity index is 720. The van der Waals surface area contributed by atoms with Crippen molar-refractivity contribution in [2.75, 3.05) is 12.5 Å². The lowest BCUT2D eigenvalue weighted by Gasteiger charge is -2.10. The summed E-state index contributed by atoms with van der Waals surface area (Å²) in [6, 6.07) is 4.81. The lowest BCUT2D eigenvalue weighted by atomic mass is 10.3. The van der Waals surface area contributed by atoms with Crippen LogP contribution in [0.2, 0.25) is 0 Å². The summed E-state index contributed by atoms with van der Waals surface area (Å²) in [6.45, 7) is 0.0973. The van der Waals surface area contributed by atoms with Crippen molar-refractivity contribution < 1.29 is 13.2 Å². The van der Waals surface area contributed by atoms with Crippen molar-refractivity contribution >= 4 is 15.7 Å². The molecule has 2 heterocycles. The van der Waals surface area contributed by atoms with Crippen LogP contribution in [0.3, 0.4) is 0 Å². The fourth-order valence-corrected chi connectivity index (χ4v) is 2.77. The van der Waals surface area contributed by atoms with Gasteiger partial charge in [0.1, 0.15) is 4.90 Å². The van der Waals surface area contributed by atoms with E-state index in [4.69, 9.17) is 10.6 Å². The van der Waals surface area contributed by atoms with Gasteiger partial charge in [0, 0.05) is 31.2 Å². The molecule has 8 nitrogen and oxygen atoms in total. The van der Waals surface area contributed by atoms with Gasteiger partial charge in [-0.15, -0.1) is 0 Å². The number of sulfonamides is 1. The summed E-state index contributed by atoms with van der Waals surface area (Å²) in [7, 11) is -2.25.